The molecular weight excluding hydrogens is 270 g/mol. The highest BCUT2D eigenvalue weighted by atomic mass is 35.5. The molecule has 2 unspecified atom stereocenters. The molecule has 0 spiro atoms. The van der Waals surface area contributed by atoms with Crippen LogP contribution in [0.15, 0.2) is 12.1 Å². The molecule has 0 amide bonds. The zero-order valence-corrected chi connectivity index (χ0v) is 13.2. The van der Waals surface area contributed by atoms with Crippen LogP contribution in [-0.4, -0.2) is 13.2 Å². The number of ether oxygens (including phenoxy) is 1. The Morgan fingerprint density at radius 2 is 1.95 bits per heavy atom. The third-order valence-electron chi connectivity index (χ3n) is 4.84. The van der Waals surface area contributed by atoms with Crippen LogP contribution in [0.1, 0.15) is 44.1 Å². The van der Waals surface area contributed by atoms with Crippen molar-refractivity contribution >= 4 is 17.3 Å². The molecule has 0 bridgehead atoms. The molecule has 0 saturated heterocycles. The molecular formula is C17H24ClNO. The number of hydrogen-bond donors (Lipinski definition) is 1. The van der Waals surface area contributed by atoms with Gasteiger partial charge in [-0.25, -0.2) is 0 Å². The highest BCUT2D eigenvalue weighted by Gasteiger charge is 2.34. The van der Waals surface area contributed by atoms with Gasteiger partial charge in [0.15, 0.2) is 0 Å². The van der Waals surface area contributed by atoms with E-state index in [2.05, 4.69) is 11.4 Å². The lowest BCUT2D eigenvalue weighted by Gasteiger charge is -2.31. The fourth-order valence-corrected chi connectivity index (χ4v) is 3.67. The van der Waals surface area contributed by atoms with Crippen LogP contribution in [-0.2, 0) is 0 Å². The number of methoxy groups -OCH3 is 1. The van der Waals surface area contributed by atoms with Crippen LogP contribution < -0.4 is 10.1 Å². The first-order valence-electron chi connectivity index (χ1n) is 7.78. The molecule has 2 aliphatic carbocycles. The van der Waals surface area contributed by atoms with Gasteiger partial charge in [0.05, 0.1) is 12.8 Å². The summed E-state index contributed by atoms with van der Waals surface area (Å²) in [5, 5.41) is 4.47. The van der Waals surface area contributed by atoms with Crippen molar-refractivity contribution < 1.29 is 4.74 Å². The van der Waals surface area contributed by atoms with Gasteiger partial charge < -0.3 is 10.1 Å². The van der Waals surface area contributed by atoms with Gasteiger partial charge in [-0.2, -0.15) is 0 Å². The summed E-state index contributed by atoms with van der Waals surface area (Å²) in [4.78, 5) is 0. The summed E-state index contributed by atoms with van der Waals surface area (Å²) < 4.78 is 5.46. The van der Waals surface area contributed by atoms with Crippen LogP contribution >= 0.6 is 11.6 Å². The number of aryl methyl sites for hydroxylation is 1. The molecule has 0 aliphatic heterocycles. The summed E-state index contributed by atoms with van der Waals surface area (Å²) in [6, 6.07) is 4.62. The average molecular weight is 294 g/mol. The van der Waals surface area contributed by atoms with Crippen LogP contribution in [0, 0.1) is 18.8 Å². The van der Waals surface area contributed by atoms with Gasteiger partial charge >= 0.3 is 0 Å². The second-order valence-corrected chi connectivity index (χ2v) is 6.81. The minimum absolute atomic E-state index is 0.587. The van der Waals surface area contributed by atoms with Gasteiger partial charge in [0.1, 0.15) is 5.75 Å². The Labute approximate surface area is 126 Å². The first-order valence-corrected chi connectivity index (χ1v) is 8.16. The van der Waals surface area contributed by atoms with Gasteiger partial charge in [0.2, 0.25) is 0 Å². The fraction of sp³-hybridized carbons (Fsp3) is 0.647. The van der Waals surface area contributed by atoms with Crippen molar-refractivity contribution in [3.05, 3.63) is 22.7 Å². The lowest BCUT2D eigenvalue weighted by molar-refractivity contribution is 0.302. The van der Waals surface area contributed by atoms with Crippen LogP contribution in [0.2, 0.25) is 5.02 Å². The molecule has 2 fully saturated rings. The summed E-state index contributed by atoms with van der Waals surface area (Å²) in [7, 11) is 1.71. The molecule has 2 saturated carbocycles. The van der Waals surface area contributed by atoms with Gasteiger partial charge in [-0.1, -0.05) is 24.4 Å². The van der Waals surface area contributed by atoms with E-state index in [1.165, 1.54) is 38.5 Å². The molecule has 0 aromatic heterocycles. The van der Waals surface area contributed by atoms with E-state index in [0.29, 0.717) is 6.04 Å². The van der Waals surface area contributed by atoms with Crippen molar-refractivity contribution in [3.63, 3.8) is 0 Å². The molecule has 1 aromatic rings. The fourth-order valence-electron chi connectivity index (χ4n) is 3.52. The molecule has 1 N–H and O–H groups in total. The first kappa shape index (κ1) is 14.1. The number of nitrogens with one attached hydrogen (secondary N) is 1. The maximum atomic E-state index is 6.17. The minimum Gasteiger partial charge on any atom is -0.495 e. The van der Waals surface area contributed by atoms with Gasteiger partial charge in [-0.3, -0.25) is 0 Å². The van der Waals surface area contributed by atoms with Crippen LogP contribution in [0.4, 0.5) is 5.69 Å². The van der Waals surface area contributed by atoms with Crippen molar-refractivity contribution in [1.29, 1.82) is 0 Å². The standard InChI is InChI=1S/C17H24ClNO/c1-11-8-16(17(20-2)10-15(11)18)19-14-5-3-4-13(9-14)12-6-7-12/h8,10,12-14,19H,3-7,9H2,1-2H3. The van der Waals surface area contributed by atoms with Crippen molar-refractivity contribution in [2.45, 2.75) is 51.5 Å². The van der Waals surface area contributed by atoms with E-state index in [0.717, 1.165) is 33.9 Å². The van der Waals surface area contributed by atoms with Gasteiger partial charge in [0.25, 0.3) is 0 Å². The smallest absolute Gasteiger partial charge is 0.143 e. The third-order valence-corrected chi connectivity index (χ3v) is 5.25. The van der Waals surface area contributed by atoms with Gasteiger partial charge in [0, 0.05) is 17.1 Å². The number of rotatable bonds is 4. The lowest BCUT2D eigenvalue weighted by Crippen LogP contribution is -2.28. The topological polar surface area (TPSA) is 21.3 Å². The molecule has 0 radical (unpaired) electrons. The number of hydrogen-bond acceptors (Lipinski definition) is 2. The summed E-state index contributed by atoms with van der Waals surface area (Å²) in [6.07, 6.45) is 8.29. The van der Waals surface area contributed by atoms with E-state index < -0.39 is 0 Å². The first-order chi connectivity index (χ1) is 9.67. The Kier molecular flexibility index (Phi) is 4.11. The normalized spacial score (nSPS) is 26.4. The van der Waals surface area contributed by atoms with E-state index in [-0.39, 0.29) is 0 Å². The van der Waals surface area contributed by atoms with E-state index in [9.17, 15) is 0 Å². The van der Waals surface area contributed by atoms with E-state index in [4.69, 9.17) is 16.3 Å². The van der Waals surface area contributed by atoms with Crippen molar-refractivity contribution in [2.24, 2.45) is 11.8 Å². The largest absolute Gasteiger partial charge is 0.495 e. The summed E-state index contributed by atoms with van der Waals surface area (Å²) >= 11 is 6.17. The highest BCUT2D eigenvalue weighted by molar-refractivity contribution is 6.31. The lowest BCUT2D eigenvalue weighted by atomic mass is 9.82. The van der Waals surface area contributed by atoms with Crippen molar-refractivity contribution in [1.82, 2.24) is 0 Å². The molecule has 2 atom stereocenters. The predicted octanol–water partition coefficient (Wildman–Crippen LogP) is 5.04. The molecule has 1 aromatic carbocycles. The Balaban J connectivity index is 1.71. The van der Waals surface area contributed by atoms with E-state index in [1.54, 1.807) is 7.11 Å². The van der Waals surface area contributed by atoms with E-state index >= 15 is 0 Å². The van der Waals surface area contributed by atoms with Crippen LogP contribution in [0.5, 0.6) is 5.75 Å². The van der Waals surface area contributed by atoms with Crippen molar-refractivity contribution in [3.8, 4) is 5.75 Å². The summed E-state index contributed by atoms with van der Waals surface area (Å²) in [5.74, 6) is 2.82. The predicted molar refractivity (Wildman–Crippen MR) is 84.8 cm³/mol. The van der Waals surface area contributed by atoms with Gasteiger partial charge in [-0.15, -0.1) is 0 Å². The quantitative estimate of drug-likeness (QED) is 0.840. The number of benzene rings is 1. The van der Waals surface area contributed by atoms with E-state index in [1.807, 2.05) is 13.0 Å². The summed E-state index contributed by atoms with van der Waals surface area (Å²) in [6.45, 7) is 2.04. The monoisotopic (exact) mass is 293 g/mol. The molecule has 3 heteroatoms. The van der Waals surface area contributed by atoms with Crippen molar-refractivity contribution in [2.75, 3.05) is 12.4 Å². The molecule has 110 valence electrons. The Morgan fingerprint density at radius 1 is 1.15 bits per heavy atom. The third kappa shape index (κ3) is 3.06. The van der Waals surface area contributed by atoms with Gasteiger partial charge in [-0.05, 0) is 56.1 Å². The number of halogens is 1. The van der Waals surface area contributed by atoms with Crippen LogP contribution in [0.25, 0.3) is 0 Å². The molecule has 20 heavy (non-hydrogen) atoms. The van der Waals surface area contributed by atoms with Crippen LogP contribution in [0.3, 0.4) is 0 Å². The highest BCUT2D eigenvalue weighted by Crippen LogP contribution is 2.44. The second kappa shape index (κ2) is 5.85. The average Bonchev–Trinajstić information content (AvgIpc) is 3.27. The maximum Gasteiger partial charge on any atom is 0.143 e. The Morgan fingerprint density at radius 3 is 2.65 bits per heavy atom. The zero-order valence-electron chi connectivity index (χ0n) is 12.4. The zero-order chi connectivity index (χ0) is 14.1. The maximum absolute atomic E-state index is 6.17. The summed E-state index contributed by atoms with van der Waals surface area (Å²) in [5.41, 5.74) is 2.19. The molecule has 0 heterocycles. The molecule has 3 rings (SSSR count). The minimum atomic E-state index is 0.587. The Hall–Kier alpha value is -0.890. The molecule has 2 nitrogen and oxygen atoms in total. The molecule has 2 aliphatic rings. The number of anilines is 1. The Bertz CT molecular complexity index is 484. The SMILES string of the molecule is COc1cc(Cl)c(C)cc1NC1CCCC(C2CC2)C1. The second-order valence-electron chi connectivity index (χ2n) is 6.41.